The summed E-state index contributed by atoms with van der Waals surface area (Å²) in [5.74, 6) is -0.0627. The van der Waals surface area contributed by atoms with Gasteiger partial charge in [0, 0.05) is 39.8 Å². The summed E-state index contributed by atoms with van der Waals surface area (Å²) >= 11 is 0. The summed E-state index contributed by atoms with van der Waals surface area (Å²) in [5.41, 5.74) is 0.190. The van der Waals surface area contributed by atoms with E-state index in [0.717, 1.165) is 39.1 Å². The van der Waals surface area contributed by atoms with E-state index in [9.17, 15) is 13.2 Å². The van der Waals surface area contributed by atoms with E-state index >= 15 is 0 Å². The van der Waals surface area contributed by atoms with Gasteiger partial charge in [-0.05, 0) is 38.2 Å². The fourth-order valence-corrected chi connectivity index (χ4v) is 3.93. The van der Waals surface area contributed by atoms with Crippen molar-refractivity contribution in [2.45, 2.75) is 11.3 Å². The molecular weight excluding hydrogens is 356 g/mol. The highest BCUT2D eigenvalue weighted by molar-refractivity contribution is 7.89. The maximum absolute atomic E-state index is 12.5. The van der Waals surface area contributed by atoms with Crippen molar-refractivity contribution in [1.29, 1.82) is 0 Å². The lowest BCUT2D eigenvalue weighted by Gasteiger charge is -2.32. The summed E-state index contributed by atoms with van der Waals surface area (Å²) in [7, 11) is 1.35. The van der Waals surface area contributed by atoms with E-state index < -0.39 is 15.9 Å². The minimum atomic E-state index is -3.67. The number of piperazine rings is 1. The number of hydrogen-bond donors (Lipinski definition) is 2. The smallest absolute Gasteiger partial charge is 0.254 e. The molecule has 1 aromatic rings. The molecule has 8 nitrogen and oxygen atoms in total. The van der Waals surface area contributed by atoms with Crippen molar-refractivity contribution in [2.75, 3.05) is 60.5 Å². The lowest BCUT2D eigenvalue weighted by Crippen LogP contribution is -2.45. The Morgan fingerprint density at radius 3 is 2.54 bits per heavy atom. The number of ether oxygens (including phenoxy) is 1. The molecule has 2 rings (SSSR count). The number of carbonyl (C=O) groups excluding carboxylic acids is 1. The van der Waals surface area contributed by atoms with E-state index in [1.807, 2.05) is 0 Å². The first-order valence-electron chi connectivity index (χ1n) is 8.68. The SMILES string of the molecule is CNC(=O)c1cc(S(=O)(=O)NCCCN2CCN(C)CC2)ccc1OC. The molecule has 2 N–H and O–H groups in total. The maximum Gasteiger partial charge on any atom is 0.254 e. The number of likely N-dealkylation sites (N-methyl/N-ethyl adjacent to an activating group) is 1. The van der Waals surface area contributed by atoms with Crippen LogP contribution in [0.4, 0.5) is 0 Å². The van der Waals surface area contributed by atoms with Gasteiger partial charge in [-0.3, -0.25) is 4.79 Å². The normalized spacial score (nSPS) is 16.4. The summed E-state index contributed by atoms with van der Waals surface area (Å²) < 4.78 is 32.7. The monoisotopic (exact) mass is 384 g/mol. The quantitative estimate of drug-likeness (QED) is 0.612. The molecule has 1 aliphatic rings. The van der Waals surface area contributed by atoms with Gasteiger partial charge in [0.1, 0.15) is 5.75 Å². The lowest BCUT2D eigenvalue weighted by molar-refractivity contribution is 0.0960. The molecule has 0 radical (unpaired) electrons. The van der Waals surface area contributed by atoms with Gasteiger partial charge in [-0.25, -0.2) is 13.1 Å². The number of rotatable bonds is 8. The molecule has 1 amide bonds. The van der Waals surface area contributed by atoms with Gasteiger partial charge in [0.25, 0.3) is 5.91 Å². The molecule has 0 atom stereocenters. The fourth-order valence-electron chi connectivity index (χ4n) is 2.83. The van der Waals surface area contributed by atoms with Gasteiger partial charge in [-0.2, -0.15) is 0 Å². The fraction of sp³-hybridized carbons (Fsp3) is 0.588. The van der Waals surface area contributed by atoms with Crippen molar-refractivity contribution < 1.29 is 17.9 Å². The molecule has 0 aliphatic carbocycles. The molecule has 9 heteroatoms. The largest absolute Gasteiger partial charge is 0.496 e. The van der Waals surface area contributed by atoms with Crippen LogP contribution < -0.4 is 14.8 Å². The minimum absolute atomic E-state index is 0.0523. The van der Waals surface area contributed by atoms with Crippen molar-refractivity contribution in [1.82, 2.24) is 19.8 Å². The zero-order valence-electron chi connectivity index (χ0n) is 15.6. The average molecular weight is 385 g/mol. The Balaban J connectivity index is 1.93. The molecule has 0 aromatic heterocycles. The maximum atomic E-state index is 12.5. The number of carbonyl (C=O) groups is 1. The first-order valence-corrected chi connectivity index (χ1v) is 10.2. The number of hydrogen-bond acceptors (Lipinski definition) is 6. The van der Waals surface area contributed by atoms with Gasteiger partial charge in [-0.1, -0.05) is 0 Å². The molecule has 0 unspecified atom stereocenters. The highest BCUT2D eigenvalue weighted by Crippen LogP contribution is 2.22. The third-order valence-electron chi connectivity index (χ3n) is 4.49. The highest BCUT2D eigenvalue weighted by atomic mass is 32.2. The lowest BCUT2D eigenvalue weighted by atomic mass is 10.2. The Hall–Kier alpha value is -1.68. The molecule has 0 saturated carbocycles. The number of methoxy groups -OCH3 is 1. The topological polar surface area (TPSA) is 91.0 Å². The number of benzene rings is 1. The molecule has 0 bridgehead atoms. The van der Waals surface area contributed by atoms with Crippen molar-refractivity contribution in [3.8, 4) is 5.75 Å². The van der Waals surface area contributed by atoms with Crippen LogP contribution in [0.15, 0.2) is 23.1 Å². The third-order valence-corrected chi connectivity index (χ3v) is 5.95. The Bertz CT molecular complexity index is 715. The number of nitrogens with zero attached hydrogens (tertiary/aromatic N) is 2. The van der Waals surface area contributed by atoms with Crippen molar-refractivity contribution in [3.05, 3.63) is 23.8 Å². The van der Waals surface area contributed by atoms with Crippen molar-refractivity contribution >= 4 is 15.9 Å². The molecular formula is C17H28N4O4S. The Morgan fingerprint density at radius 2 is 1.92 bits per heavy atom. The molecule has 0 spiro atoms. The summed E-state index contributed by atoms with van der Waals surface area (Å²) in [6.07, 6.45) is 0.738. The molecule has 1 saturated heterocycles. The van der Waals surface area contributed by atoms with Crippen LogP contribution in [0.3, 0.4) is 0 Å². The molecule has 146 valence electrons. The van der Waals surface area contributed by atoms with Crippen LogP contribution in [0.25, 0.3) is 0 Å². The van der Waals surface area contributed by atoms with E-state index in [2.05, 4.69) is 26.9 Å². The van der Waals surface area contributed by atoms with Gasteiger partial charge in [0.05, 0.1) is 17.6 Å². The minimum Gasteiger partial charge on any atom is -0.496 e. The number of amides is 1. The standard InChI is InChI=1S/C17H28N4O4S/c1-18-17(22)15-13-14(5-6-16(15)25-3)26(23,24)19-7-4-8-21-11-9-20(2)10-12-21/h5-6,13,19H,4,7-12H2,1-3H3,(H,18,22). The molecule has 1 aromatic carbocycles. The molecule has 26 heavy (non-hydrogen) atoms. The zero-order chi connectivity index (χ0) is 19.2. The van der Waals surface area contributed by atoms with Crippen LogP contribution in [0.1, 0.15) is 16.8 Å². The third kappa shape index (κ3) is 5.41. The van der Waals surface area contributed by atoms with E-state index in [1.165, 1.54) is 32.4 Å². The van der Waals surface area contributed by atoms with Gasteiger partial charge in [0.15, 0.2) is 0 Å². The summed E-state index contributed by atoms with van der Waals surface area (Å²) in [5, 5.41) is 2.48. The van der Waals surface area contributed by atoms with Gasteiger partial charge in [-0.15, -0.1) is 0 Å². The second-order valence-corrected chi connectivity index (χ2v) is 8.10. The Labute approximate surface area is 155 Å². The Morgan fingerprint density at radius 1 is 1.23 bits per heavy atom. The van der Waals surface area contributed by atoms with Gasteiger partial charge < -0.3 is 19.9 Å². The van der Waals surface area contributed by atoms with Crippen LogP contribution in [0.2, 0.25) is 0 Å². The first-order chi connectivity index (χ1) is 12.4. The predicted molar refractivity (Wildman–Crippen MR) is 100 cm³/mol. The predicted octanol–water partition coefficient (Wildman–Crippen LogP) is -0.0294. The second-order valence-electron chi connectivity index (χ2n) is 6.34. The van der Waals surface area contributed by atoms with Crippen molar-refractivity contribution in [2.24, 2.45) is 0 Å². The summed E-state index contributed by atoms with van der Waals surface area (Å²) in [6, 6.07) is 4.26. The van der Waals surface area contributed by atoms with Crippen LogP contribution >= 0.6 is 0 Å². The zero-order valence-corrected chi connectivity index (χ0v) is 16.4. The van der Waals surface area contributed by atoms with Crippen molar-refractivity contribution in [3.63, 3.8) is 0 Å². The van der Waals surface area contributed by atoms with E-state index in [-0.39, 0.29) is 10.5 Å². The first kappa shape index (κ1) is 20.6. The Kier molecular flexibility index (Phi) is 7.39. The summed E-state index contributed by atoms with van der Waals surface area (Å²) in [4.78, 5) is 16.6. The number of sulfonamides is 1. The van der Waals surface area contributed by atoms with Crippen LogP contribution in [0, 0.1) is 0 Å². The molecule has 1 heterocycles. The van der Waals surface area contributed by atoms with Crippen LogP contribution in [-0.4, -0.2) is 84.6 Å². The van der Waals surface area contributed by atoms with Gasteiger partial charge >= 0.3 is 0 Å². The highest BCUT2D eigenvalue weighted by Gasteiger charge is 2.19. The van der Waals surface area contributed by atoms with Gasteiger partial charge in [0.2, 0.25) is 10.0 Å². The number of nitrogens with one attached hydrogen (secondary N) is 2. The average Bonchev–Trinajstić information content (AvgIpc) is 2.65. The second kappa shape index (κ2) is 9.31. The van der Waals surface area contributed by atoms with E-state index in [4.69, 9.17) is 4.74 Å². The molecule has 1 fully saturated rings. The van der Waals surface area contributed by atoms with Crippen LogP contribution in [-0.2, 0) is 10.0 Å². The molecule has 1 aliphatic heterocycles. The van der Waals surface area contributed by atoms with E-state index in [0.29, 0.717) is 12.3 Å². The van der Waals surface area contributed by atoms with Crippen LogP contribution in [0.5, 0.6) is 5.75 Å². The summed E-state index contributed by atoms with van der Waals surface area (Å²) in [6.45, 7) is 5.33. The van der Waals surface area contributed by atoms with E-state index in [1.54, 1.807) is 0 Å².